The quantitative estimate of drug-likeness (QED) is 0.469. The molecule has 0 fully saturated rings. The minimum absolute atomic E-state index is 0.0283. The molecule has 0 amide bonds. The maximum absolute atomic E-state index is 12.8. The fourth-order valence-corrected chi connectivity index (χ4v) is 4.30. The van der Waals surface area contributed by atoms with Gasteiger partial charge in [0.05, 0.1) is 4.70 Å². The number of thiophene rings is 1. The van der Waals surface area contributed by atoms with Gasteiger partial charge in [-0.25, -0.2) is 9.97 Å². The second-order valence-corrected chi connectivity index (χ2v) is 7.71. The summed E-state index contributed by atoms with van der Waals surface area (Å²) >= 11 is 2.82. The molecule has 0 bridgehead atoms. The molecule has 0 spiro atoms. The molecule has 26 heavy (non-hydrogen) atoms. The lowest BCUT2D eigenvalue weighted by molar-refractivity contribution is -0.141. The van der Waals surface area contributed by atoms with Crippen LogP contribution in [0.15, 0.2) is 28.9 Å². The highest BCUT2D eigenvalue weighted by Gasteiger charge is 2.33. The maximum atomic E-state index is 12.8. The highest BCUT2D eigenvalue weighted by Crippen LogP contribution is 2.30. The van der Waals surface area contributed by atoms with Crippen molar-refractivity contribution >= 4 is 39.0 Å². The summed E-state index contributed by atoms with van der Waals surface area (Å²) in [5.74, 6) is 0.337. The van der Waals surface area contributed by atoms with Crippen molar-refractivity contribution in [1.29, 1.82) is 0 Å². The summed E-state index contributed by atoms with van der Waals surface area (Å²) in [5, 5.41) is 3.40. The highest BCUT2D eigenvalue weighted by molar-refractivity contribution is 7.99. The Bertz CT molecular complexity index is 909. The summed E-state index contributed by atoms with van der Waals surface area (Å²) in [5.41, 5.74) is 6.66. The number of fused-ring (bicyclic) bond motifs is 1. The number of anilines is 1. The molecule has 0 atom stereocenters. The van der Waals surface area contributed by atoms with E-state index in [1.807, 2.05) is 6.20 Å². The van der Waals surface area contributed by atoms with Gasteiger partial charge in [-0.15, -0.1) is 11.3 Å². The molecule has 3 aromatic rings. The molecule has 0 aliphatic rings. The van der Waals surface area contributed by atoms with Crippen molar-refractivity contribution in [2.45, 2.75) is 37.5 Å². The Labute approximate surface area is 157 Å². The Balaban J connectivity index is 1.69. The summed E-state index contributed by atoms with van der Waals surface area (Å²) in [6.07, 6.45) is 0.0379. The Morgan fingerprint density at radius 3 is 2.73 bits per heavy atom. The molecule has 3 heterocycles. The number of alkyl halides is 3. The van der Waals surface area contributed by atoms with Crippen LogP contribution < -0.4 is 5.73 Å². The monoisotopic (exact) mass is 398 g/mol. The van der Waals surface area contributed by atoms with Gasteiger partial charge in [0.25, 0.3) is 0 Å². The summed E-state index contributed by atoms with van der Waals surface area (Å²) in [4.78, 5) is 11.9. The molecule has 0 aromatic carbocycles. The summed E-state index contributed by atoms with van der Waals surface area (Å²) < 4.78 is 39.5. The molecule has 3 aromatic heterocycles. The Morgan fingerprint density at radius 2 is 2.00 bits per heavy atom. The van der Waals surface area contributed by atoms with Crippen molar-refractivity contribution in [2.75, 3.05) is 11.5 Å². The smallest absolute Gasteiger partial charge is 0.384 e. The molecule has 0 saturated carbocycles. The molecule has 0 unspecified atom stereocenters. The van der Waals surface area contributed by atoms with E-state index in [0.717, 1.165) is 41.1 Å². The van der Waals surface area contributed by atoms with E-state index in [0.29, 0.717) is 12.2 Å². The molecule has 138 valence electrons. The van der Waals surface area contributed by atoms with E-state index < -0.39 is 11.9 Å². The van der Waals surface area contributed by atoms with Crippen LogP contribution in [0.1, 0.15) is 30.3 Å². The van der Waals surface area contributed by atoms with Crippen molar-refractivity contribution < 1.29 is 13.2 Å². The number of nitrogens with two attached hydrogens (primary N) is 1. The van der Waals surface area contributed by atoms with E-state index >= 15 is 0 Å². The van der Waals surface area contributed by atoms with Crippen molar-refractivity contribution in [2.24, 2.45) is 0 Å². The second-order valence-electron chi connectivity index (χ2n) is 5.74. The number of aryl methyl sites for hydroxylation is 2. The third kappa shape index (κ3) is 4.45. The second kappa shape index (κ2) is 7.79. The van der Waals surface area contributed by atoms with Gasteiger partial charge in [-0.1, -0.05) is 25.1 Å². The van der Waals surface area contributed by atoms with Crippen LogP contribution in [-0.2, 0) is 19.0 Å². The standard InChI is InChI=1S/C17H17F3N4S2/c1-2-3-10-9-26-13-8-22-11(6-12(10)13)4-5-25-16-23-14(17(18,19)20)7-15(21)24-16/h6-9H,2-5H2,1H3,(H2,21,23,24). The molecule has 0 saturated heterocycles. The first-order chi connectivity index (χ1) is 12.4. The van der Waals surface area contributed by atoms with Crippen LogP contribution in [0.2, 0.25) is 0 Å². The average molecular weight is 398 g/mol. The van der Waals surface area contributed by atoms with E-state index in [4.69, 9.17) is 5.73 Å². The van der Waals surface area contributed by atoms with Gasteiger partial charge in [0.2, 0.25) is 0 Å². The van der Waals surface area contributed by atoms with Crippen molar-refractivity contribution in [3.63, 3.8) is 0 Å². The zero-order valence-electron chi connectivity index (χ0n) is 14.0. The summed E-state index contributed by atoms with van der Waals surface area (Å²) in [6.45, 7) is 2.14. The van der Waals surface area contributed by atoms with Crippen molar-refractivity contribution in [1.82, 2.24) is 15.0 Å². The van der Waals surface area contributed by atoms with Crippen LogP contribution in [0.5, 0.6) is 0 Å². The Kier molecular flexibility index (Phi) is 5.67. The van der Waals surface area contributed by atoms with Crippen LogP contribution in [-0.4, -0.2) is 20.7 Å². The topological polar surface area (TPSA) is 64.7 Å². The number of rotatable bonds is 6. The number of hydrogen-bond acceptors (Lipinski definition) is 6. The van der Waals surface area contributed by atoms with Crippen molar-refractivity contribution in [3.05, 3.63) is 40.7 Å². The van der Waals surface area contributed by atoms with E-state index in [-0.39, 0.29) is 11.0 Å². The minimum atomic E-state index is -4.53. The summed E-state index contributed by atoms with van der Waals surface area (Å²) in [6, 6.07) is 2.81. The van der Waals surface area contributed by atoms with Crippen molar-refractivity contribution in [3.8, 4) is 0 Å². The molecule has 0 aliphatic heterocycles. The van der Waals surface area contributed by atoms with E-state index in [9.17, 15) is 13.2 Å². The fraction of sp³-hybridized carbons (Fsp3) is 0.353. The normalized spacial score (nSPS) is 12.0. The lowest BCUT2D eigenvalue weighted by Crippen LogP contribution is -2.11. The first kappa shape index (κ1) is 18.9. The van der Waals surface area contributed by atoms with E-state index in [1.165, 1.54) is 10.9 Å². The molecule has 2 N–H and O–H groups in total. The van der Waals surface area contributed by atoms with Crippen LogP contribution in [0.4, 0.5) is 19.0 Å². The number of aromatic nitrogens is 3. The SMILES string of the molecule is CCCc1csc2cnc(CCSc3nc(N)cc(C(F)(F)F)n3)cc12. The minimum Gasteiger partial charge on any atom is -0.384 e. The maximum Gasteiger partial charge on any atom is 0.433 e. The number of nitrogens with zero attached hydrogens (tertiary/aromatic N) is 3. The molecular weight excluding hydrogens is 381 g/mol. The number of halogens is 3. The zero-order valence-corrected chi connectivity index (χ0v) is 15.6. The van der Waals surface area contributed by atoms with E-state index in [1.54, 1.807) is 11.3 Å². The third-order valence-electron chi connectivity index (χ3n) is 3.72. The number of nitrogen functional groups attached to an aromatic ring is 1. The zero-order chi connectivity index (χ0) is 18.7. The van der Waals surface area contributed by atoms with Gasteiger partial charge in [-0.3, -0.25) is 4.98 Å². The average Bonchev–Trinajstić information content (AvgIpc) is 2.96. The van der Waals surface area contributed by atoms with Crippen LogP contribution in [0, 0.1) is 0 Å². The highest BCUT2D eigenvalue weighted by atomic mass is 32.2. The van der Waals surface area contributed by atoms with Gasteiger partial charge in [-0.2, -0.15) is 13.2 Å². The molecule has 4 nitrogen and oxygen atoms in total. The number of hydrogen-bond donors (Lipinski definition) is 1. The third-order valence-corrected chi connectivity index (χ3v) is 5.55. The number of pyridine rings is 1. The van der Waals surface area contributed by atoms with Crippen LogP contribution >= 0.6 is 23.1 Å². The van der Waals surface area contributed by atoms with Gasteiger partial charge in [0.1, 0.15) is 5.82 Å². The predicted molar refractivity (Wildman–Crippen MR) is 99.5 cm³/mol. The largest absolute Gasteiger partial charge is 0.433 e. The molecule has 0 aliphatic carbocycles. The van der Waals surface area contributed by atoms with E-state index in [2.05, 4.69) is 33.3 Å². The predicted octanol–water partition coefficient (Wildman–Crippen LogP) is 4.97. The summed E-state index contributed by atoms with van der Waals surface area (Å²) in [7, 11) is 0. The van der Waals surface area contributed by atoms with Gasteiger partial charge in [-0.05, 0) is 35.2 Å². The van der Waals surface area contributed by atoms with Gasteiger partial charge < -0.3 is 5.73 Å². The fourth-order valence-electron chi connectivity index (χ4n) is 2.53. The lowest BCUT2D eigenvalue weighted by Gasteiger charge is -2.08. The Morgan fingerprint density at radius 1 is 1.19 bits per heavy atom. The van der Waals surface area contributed by atoms with Gasteiger partial charge in [0, 0.05) is 23.7 Å². The van der Waals surface area contributed by atoms with Crippen LogP contribution in [0.25, 0.3) is 10.1 Å². The molecule has 9 heteroatoms. The Hall–Kier alpha value is -1.87. The first-order valence-electron chi connectivity index (χ1n) is 8.06. The van der Waals surface area contributed by atoms with Gasteiger partial charge in [0.15, 0.2) is 10.9 Å². The van der Waals surface area contributed by atoms with Crippen LogP contribution in [0.3, 0.4) is 0 Å². The lowest BCUT2D eigenvalue weighted by atomic mass is 10.1. The number of thioether (sulfide) groups is 1. The first-order valence-corrected chi connectivity index (χ1v) is 9.93. The molecule has 0 radical (unpaired) electrons. The molecule has 3 rings (SSSR count). The van der Waals surface area contributed by atoms with Gasteiger partial charge >= 0.3 is 6.18 Å². The molecular formula is C17H17F3N4S2.